The third kappa shape index (κ3) is 4.34. The van der Waals surface area contributed by atoms with E-state index in [2.05, 4.69) is 10.1 Å². The van der Waals surface area contributed by atoms with Crippen LogP contribution < -0.4 is 5.73 Å². The summed E-state index contributed by atoms with van der Waals surface area (Å²) in [6.07, 6.45) is -4.34. The number of nitrogens with zero attached hydrogens (tertiary/aromatic N) is 2. The molecule has 2 aromatic rings. The largest absolute Gasteiger partial charge is 0.396 e. The van der Waals surface area contributed by atoms with Crippen LogP contribution in [0.3, 0.4) is 0 Å². The molecule has 1 aromatic carbocycles. The van der Waals surface area contributed by atoms with Crippen LogP contribution in [0.4, 0.5) is 13.2 Å². The zero-order valence-electron chi connectivity index (χ0n) is 10.6. The molecule has 7 heteroatoms. The quantitative estimate of drug-likeness (QED) is 0.917. The number of halogens is 3. The lowest BCUT2D eigenvalue weighted by Crippen LogP contribution is -2.14. The van der Waals surface area contributed by atoms with Gasteiger partial charge < -0.3 is 10.3 Å². The minimum atomic E-state index is -4.35. The summed E-state index contributed by atoms with van der Waals surface area (Å²) in [6, 6.07) is 9.07. The molecule has 1 unspecified atom stereocenters. The lowest BCUT2D eigenvalue weighted by atomic mass is 10.1. The SMILES string of the molecule is NC(CCc1ccccc1)c1nc(CC(F)(F)F)no1. The molecule has 1 heterocycles. The molecule has 2 rings (SSSR count). The van der Waals surface area contributed by atoms with Gasteiger partial charge in [-0.15, -0.1) is 0 Å². The van der Waals surface area contributed by atoms with Crippen LogP contribution in [-0.2, 0) is 12.8 Å². The van der Waals surface area contributed by atoms with E-state index in [1.165, 1.54) is 0 Å². The van der Waals surface area contributed by atoms with Gasteiger partial charge in [0, 0.05) is 0 Å². The van der Waals surface area contributed by atoms with Crippen molar-refractivity contribution >= 4 is 0 Å². The van der Waals surface area contributed by atoms with Crippen molar-refractivity contribution in [3.8, 4) is 0 Å². The molecular weight excluding hydrogens is 271 g/mol. The molecule has 0 saturated carbocycles. The van der Waals surface area contributed by atoms with E-state index < -0.39 is 18.6 Å². The third-order valence-corrected chi connectivity index (χ3v) is 2.75. The molecule has 0 aliphatic carbocycles. The first-order chi connectivity index (χ1) is 9.44. The molecule has 4 nitrogen and oxygen atoms in total. The van der Waals surface area contributed by atoms with Gasteiger partial charge in [-0.3, -0.25) is 0 Å². The smallest absolute Gasteiger partial charge is 0.338 e. The highest BCUT2D eigenvalue weighted by molar-refractivity contribution is 5.15. The normalized spacial score (nSPS) is 13.4. The average molecular weight is 285 g/mol. The molecule has 0 fully saturated rings. The van der Waals surface area contributed by atoms with Gasteiger partial charge >= 0.3 is 6.18 Å². The number of alkyl halides is 3. The van der Waals surface area contributed by atoms with E-state index in [1.54, 1.807) is 0 Å². The first-order valence-corrected chi connectivity index (χ1v) is 6.13. The molecule has 0 amide bonds. The van der Waals surface area contributed by atoms with Crippen molar-refractivity contribution in [3.63, 3.8) is 0 Å². The topological polar surface area (TPSA) is 64.9 Å². The predicted molar refractivity (Wildman–Crippen MR) is 65.7 cm³/mol. The second-order valence-corrected chi connectivity index (χ2v) is 4.47. The van der Waals surface area contributed by atoms with Crippen LogP contribution in [-0.4, -0.2) is 16.3 Å². The van der Waals surface area contributed by atoms with Crippen LogP contribution in [0.5, 0.6) is 0 Å². The first-order valence-electron chi connectivity index (χ1n) is 6.13. The third-order valence-electron chi connectivity index (χ3n) is 2.75. The Kier molecular flexibility index (Phi) is 4.39. The second kappa shape index (κ2) is 6.04. The molecule has 0 radical (unpaired) electrons. The summed E-state index contributed by atoms with van der Waals surface area (Å²) in [4.78, 5) is 3.69. The second-order valence-electron chi connectivity index (χ2n) is 4.47. The van der Waals surface area contributed by atoms with Gasteiger partial charge in [0.25, 0.3) is 0 Å². The van der Waals surface area contributed by atoms with Crippen molar-refractivity contribution in [3.05, 3.63) is 47.6 Å². The Labute approximate surface area is 113 Å². The van der Waals surface area contributed by atoms with E-state index in [-0.39, 0.29) is 11.7 Å². The van der Waals surface area contributed by atoms with Crippen LogP contribution in [0.25, 0.3) is 0 Å². The Balaban J connectivity index is 1.91. The number of aromatic nitrogens is 2. The lowest BCUT2D eigenvalue weighted by molar-refractivity contribution is -0.128. The molecule has 0 saturated heterocycles. The van der Waals surface area contributed by atoms with Crippen molar-refractivity contribution in [2.75, 3.05) is 0 Å². The van der Waals surface area contributed by atoms with E-state index in [4.69, 9.17) is 10.3 Å². The van der Waals surface area contributed by atoms with Crippen molar-refractivity contribution in [2.24, 2.45) is 5.73 Å². The number of benzene rings is 1. The molecule has 0 spiro atoms. The minimum Gasteiger partial charge on any atom is -0.338 e. The lowest BCUT2D eigenvalue weighted by Gasteiger charge is -2.06. The van der Waals surface area contributed by atoms with Crippen molar-refractivity contribution in [1.29, 1.82) is 0 Å². The molecule has 0 bridgehead atoms. The summed E-state index contributed by atoms with van der Waals surface area (Å²) < 4.78 is 41.3. The maximum atomic E-state index is 12.2. The number of rotatable bonds is 5. The minimum absolute atomic E-state index is 0.0418. The van der Waals surface area contributed by atoms with Gasteiger partial charge in [0.05, 0.1) is 6.04 Å². The Morgan fingerprint density at radius 3 is 2.55 bits per heavy atom. The fraction of sp³-hybridized carbons (Fsp3) is 0.385. The zero-order valence-corrected chi connectivity index (χ0v) is 10.6. The van der Waals surface area contributed by atoms with Gasteiger partial charge in [-0.05, 0) is 18.4 Å². The van der Waals surface area contributed by atoms with Crippen molar-refractivity contribution in [2.45, 2.75) is 31.5 Å². The molecule has 2 N–H and O–H groups in total. The zero-order chi connectivity index (χ0) is 14.6. The molecule has 1 aromatic heterocycles. The van der Waals surface area contributed by atoms with Crippen molar-refractivity contribution < 1.29 is 17.7 Å². The van der Waals surface area contributed by atoms with Crippen LogP contribution in [0.15, 0.2) is 34.9 Å². The van der Waals surface area contributed by atoms with Gasteiger partial charge in [-0.1, -0.05) is 35.5 Å². The molecule has 0 aliphatic heterocycles. The highest BCUT2D eigenvalue weighted by atomic mass is 19.4. The summed E-state index contributed by atoms with van der Waals surface area (Å²) >= 11 is 0. The van der Waals surface area contributed by atoms with Gasteiger partial charge in [-0.25, -0.2) is 0 Å². The number of nitrogens with two attached hydrogens (primary N) is 1. The summed E-state index contributed by atoms with van der Waals surface area (Å²) in [5, 5.41) is 3.29. The van der Waals surface area contributed by atoms with Crippen LogP contribution in [0.1, 0.15) is 29.7 Å². The molecule has 0 aliphatic rings. The van der Waals surface area contributed by atoms with Crippen LogP contribution in [0.2, 0.25) is 0 Å². The number of hydrogen-bond donors (Lipinski definition) is 1. The van der Waals surface area contributed by atoms with E-state index >= 15 is 0 Å². The van der Waals surface area contributed by atoms with E-state index in [9.17, 15) is 13.2 Å². The van der Waals surface area contributed by atoms with Gasteiger partial charge in [0.15, 0.2) is 5.82 Å². The average Bonchev–Trinajstić information content (AvgIpc) is 2.83. The summed E-state index contributed by atoms with van der Waals surface area (Å²) in [7, 11) is 0. The Morgan fingerprint density at radius 1 is 1.20 bits per heavy atom. The highest BCUT2D eigenvalue weighted by Crippen LogP contribution is 2.21. The monoisotopic (exact) mass is 285 g/mol. The number of hydrogen-bond acceptors (Lipinski definition) is 4. The molecule has 108 valence electrons. The van der Waals surface area contributed by atoms with Gasteiger partial charge in [0.1, 0.15) is 6.42 Å². The Hall–Kier alpha value is -1.89. The Morgan fingerprint density at radius 2 is 1.90 bits per heavy atom. The van der Waals surface area contributed by atoms with Gasteiger partial charge in [0.2, 0.25) is 5.89 Å². The standard InChI is InChI=1S/C13H14F3N3O/c14-13(15,16)8-11-18-12(20-19-11)10(17)7-6-9-4-2-1-3-5-9/h1-5,10H,6-8,17H2. The maximum absolute atomic E-state index is 12.2. The molecule has 1 atom stereocenters. The first kappa shape index (κ1) is 14.5. The summed E-state index contributed by atoms with van der Waals surface area (Å²) in [5.74, 6) is -0.345. The molecule has 20 heavy (non-hydrogen) atoms. The molecular formula is C13H14F3N3O. The fourth-order valence-electron chi connectivity index (χ4n) is 1.76. The Bertz CT molecular complexity index is 539. The van der Waals surface area contributed by atoms with Crippen LogP contribution in [0, 0.1) is 0 Å². The summed E-state index contributed by atoms with van der Waals surface area (Å²) in [6.45, 7) is 0. The summed E-state index contributed by atoms with van der Waals surface area (Å²) in [5.41, 5.74) is 6.94. The predicted octanol–water partition coefficient (Wildman–Crippen LogP) is 2.81. The number of aryl methyl sites for hydroxylation is 1. The van der Waals surface area contributed by atoms with Crippen molar-refractivity contribution in [1.82, 2.24) is 10.1 Å². The highest BCUT2D eigenvalue weighted by Gasteiger charge is 2.31. The van der Waals surface area contributed by atoms with E-state index in [0.29, 0.717) is 12.8 Å². The van der Waals surface area contributed by atoms with E-state index in [0.717, 1.165) is 5.56 Å². The fourth-order valence-corrected chi connectivity index (χ4v) is 1.76. The van der Waals surface area contributed by atoms with E-state index in [1.807, 2.05) is 30.3 Å². The maximum Gasteiger partial charge on any atom is 0.396 e. The van der Waals surface area contributed by atoms with Crippen LogP contribution >= 0.6 is 0 Å². The van der Waals surface area contributed by atoms with Gasteiger partial charge in [-0.2, -0.15) is 18.2 Å².